The predicted octanol–water partition coefficient (Wildman–Crippen LogP) is 1.72. The topological polar surface area (TPSA) is 30.3 Å². The van der Waals surface area contributed by atoms with Crippen LogP contribution in [0.15, 0.2) is 0 Å². The van der Waals surface area contributed by atoms with Crippen LogP contribution in [0.4, 0.5) is 13.2 Å². The van der Waals surface area contributed by atoms with Crippen LogP contribution in [0.1, 0.15) is 13.3 Å². The number of nitriles is 1. The summed E-state index contributed by atoms with van der Waals surface area (Å²) < 4.78 is 37.2. The number of hydrogen-bond acceptors (Lipinski definition) is 3. The highest BCUT2D eigenvalue weighted by Crippen LogP contribution is 2.26. The van der Waals surface area contributed by atoms with E-state index in [9.17, 15) is 13.2 Å². The Balaban J connectivity index is 2.37. The summed E-state index contributed by atoms with van der Waals surface area (Å²) in [5, 5.41) is 8.52. The van der Waals surface area contributed by atoms with Crippen molar-refractivity contribution in [1.29, 1.82) is 5.26 Å². The van der Waals surface area contributed by atoms with E-state index in [4.69, 9.17) is 5.26 Å². The molecule has 0 bridgehead atoms. The minimum absolute atomic E-state index is 0.194. The molecule has 0 aliphatic carbocycles. The van der Waals surface area contributed by atoms with Crippen LogP contribution in [-0.4, -0.2) is 55.2 Å². The van der Waals surface area contributed by atoms with Crippen molar-refractivity contribution in [3.8, 4) is 6.07 Å². The van der Waals surface area contributed by atoms with Crippen molar-refractivity contribution in [3.63, 3.8) is 0 Å². The Morgan fingerprint density at radius 2 is 1.71 bits per heavy atom. The number of alkyl halides is 3. The Bertz CT molecular complexity index is 264. The van der Waals surface area contributed by atoms with Crippen molar-refractivity contribution in [1.82, 2.24) is 9.80 Å². The van der Waals surface area contributed by atoms with Crippen LogP contribution in [0, 0.1) is 17.2 Å². The first-order chi connectivity index (χ1) is 7.97. The van der Waals surface area contributed by atoms with Crippen LogP contribution in [0.25, 0.3) is 0 Å². The van der Waals surface area contributed by atoms with Crippen LogP contribution >= 0.6 is 0 Å². The minimum Gasteiger partial charge on any atom is -0.301 e. The molecule has 0 aromatic heterocycles. The van der Waals surface area contributed by atoms with Crippen molar-refractivity contribution >= 4 is 0 Å². The normalized spacial score (nSPS) is 21.1. The van der Waals surface area contributed by atoms with E-state index < -0.39 is 12.1 Å². The van der Waals surface area contributed by atoms with E-state index in [1.807, 2.05) is 0 Å². The summed E-state index contributed by atoms with van der Waals surface area (Å²) >= 11 is 0. The van der Waals surface area contributed by atoms with Crippen LogP contribution < -0.4 is 0 Å². The Morgan fingerprint density at radius 1 is 1.18 bits per heavy atom. The zero-order chi connectivity index (χ0) is 12.9. The lowest BCUT2D eigenvalue weighted by Crippen LogP contribution is -2.49. The van der Waals surface area contributed by atoms with Crippen LogP contribution in [0.3, 0.4) is 0 Å². The molecular weight excluding hydrogens is 231 g/mol. The standard InChI is InChI=1S/C11H18F3N3/c1-2-3-16-4-6-17(7-5-16)9-10(8-15)11(12,13)14/h10H,2-7,9H2,1H3. The van der Waals surface area contributed by atoms with Crippen molar-refractivity contribution in [3.05, 3.63) is 0 Å². The Kier molecular flexibility index (Phi) is 5.22. The Hall–Kier alpha value is -0.800. The molecule has 1 saturated heterocycles. The summed E-state index contributed by atoms with van der Waals surface area (Å²) in [7, 11) is 0. The third-order valence-electron chi connectivity index (χ3n) is 3.00. The minimum atomic E-state index is -4.41. The first kappa shape index (κ1) is 14.3. The Morgan fingerprint density at radius 3 is 2.12 bits per heavy atom. The largest absolute Gasteiger partial charge is 0.405 e. The molecule has 0 aromatic carbocycles. The van der Waals surface area contributed by atoms with Gasteiger partial charge in [-0.15, -0.1) is 0 Å². The molecule has 0 radical (unpaired) electrons. The maximum atomic E-state index is 12.4. The molecule has 1 heterocycles. The molecule has 1 rings (SSSR count). The fourth-order valence-electron chi connectivity index (χ4n) is 1.99. The van der Waals surface area contributed by atoms with Gasteiger partial charge in [0.1, 0.15) is 0 Å². The van der Waals surface area contributed by atoms with Gasteiger partial charge in [0, 0.05) is 32.7 Å². The maximum Gasteiger partial charge on any atom is 0.405 e. The van der Waals surface area contributed by atoms with Gasteiger partial charge in [0.15, 0.2) is 5.92 Å². The van der Waals surface area contributed by atoms with Crippen LogP contribution in [-0.2, 0) is 0 Å². The summed E-state index contributed by atoms with van der Waals surface area (Å²) in [6.45, 7) is 5.71. The summed E-state index contributed by atoms with van der Waals surface area (Å²) in [6, 6.07) is 1.35. The summed E-state index contributed by atoms with van der Waals surface area (Å²) in [4.78, 5) is 3.97. The van der Waals surface area contributed by atoms with E-state index in [2.05, 4.69) is 11.8 Å². The first-order valence-corrected chi connectivity index (χ1v) is 5.88. The van der Waals surface area contributed by atoms with Crippen molar-refractivity contribution in [2.24, 2.45) is 5.92 Å². The van der Waals surface area contributed by atoms with E-state index in [0.29, 0.717) is 13.1 Å². The SMILES string of the molecule is CCCN1CCN(CC(C#N)C(F)(F)F)CC1. The number of nitrogens with zero attached hydrogens (tertiary/aromatic N) is 3. The second-order valence-corrected chi connectivity index (χ2v) is 4.37. The molecule has 1 aliphatic rings. The second kappa shape index (κ2) is 6.22. The first-order valence-electron chi connectivity index (χ1n) is 5.88. The summed E-state index contributed by atoms with van der Waals surface area (Å²) in [6.07, 6.45) is -3.35. The zero-order valence-corrected chi connectivity index (χ0v) is 10.0. The summed E-state index contributed by atoms with van der Waals surface area (Å²) in [5.41, 5.74) is 0. The number of hydrogen-bond donors (Lipinski definition) is 0. The smallest absolute Gasteiger partial charge is 0.301 e. The fraction of sp³-hybridized carbons (Fsp3) is 0.909. The van der Waals surface area contributed by atoms with Gasteiger partial charge >= 0.3 is 6.18 Å². The zero-order valence-electron chi connectivity index (χ0n) is 10.0. The van der Waals surface area contributed by atoms with Gasteiger partial charge in [-0.3, -0.25) is 4.90 Å². The van der Waals surface area contributed by atoms with E-state index >= 15 is 0 Å². The molecule has 1 atom stereocenters. The highest BCUT2D eigenvalue weighted by molar-refractivity contribution is 4.91. The third-order valence-corrected chi connectivity index (χ3v) is 3.00. The van der Waals surface area contributed by atoms with Gasteiger partial charge < -0.3 is 4.90 Å². The fourth-order valence-corrected chi connectivity index (χ4v) is 1.99. The van der Waals surface area contributed by atoms with Crippen molar-refractivity contribution in [2.75, 3.05) is 39.3 Å². The maximum absolute atomic E-state index is 12.4. The van der Waals surface area contributed by atoms with Gasteiger partial charge in [-0.2, -0.15) is 18.4 Å². The van der Waals surface area contributed by atoms with E-state index in [0.717, 1.165) is 26.1 Å². The molecule has 1 fully saturated rings. The average molecular weight is 249 g/mol. The van der Waals surface area contributed by atoms with Gasteiger partial charge in [0.2, 0.25) is 0 Å². The lowest BCUT2D eigenvalue weighted by molar-refractivity contribution is -0.164. The molecule has 6 heteroatoms. The molecule has 17 heavy (non-hydrogen) atoms. The highest BCUT2D eigenvalue weighted by Gasteiger charge is 2.41. The lowest BCUT2D eigenvalue weighted by atomic mass is 10.1. The molecule has 0 spiro atoms. The molecule has 3 nitrogen and oxygen atoms in total. The highest BCUT2D eigenvalue weighted by atomic mass is 19.4. The van der Waals surface area contributed by atoms with Gasteiger partial charge in [-0.25, -0.2) is 0 Å². The van der Waals surface area contributed by atoms with Gasteiger partial charge in [-0.05, 0) is 13.0 Å². The van der Waals surface area contributed by atoms with Crippen molar-refractivity contribution < 1.29 is 13.2 Å². The molecular formula is C11H18F3N3. The second-order valence-electron chi connectivity index (χ2n) is 4.37. The number of piperazine rings is 1. The Labute approximate surface area is 99.8 Å². The molecule has 0 amide bonds. The van der Waals surface area contributed by atoms with Crippen molar-refractivity contribution in [2.45, 2.75) is 19.5 Å². The predicted molar refractivity (Wildman–Crippen MR) is 58.3 cm³/mol. The average Bonchev–Trinajstić information content (AvgIpc) is 2.27. The van der Waals surface area contributed by atoms with Gasteiger partial charge in [-0.1, -0.05) is 6.92 Å². The van der Waals surface area contributed by atoms with Gasteiger partial charge in [0.05, 0.1) is 6.07 Å². The van der Waals surface area contributed by atoms with Gasteiger partial charge in [0.25, 0.3) is 0 Å². The van der Waals surface area contributed by atoms with Crippen LogP contribution in [0.5, 0.6) is 0 Å². The van der Waals surface area contributed by atoms with Crippen LogP contribution in [0.2, 0.25) is 0 Å². The quantitative estimate of drug-likeness (QED) is 0.760. The molecule has 1 aliphatic heterocycles. The summed E-state index contributed by atoms with van der Waals surface area (Å²) in [5.74, 6) is -1.86. The number of rotatable bonds is 4. The van der Waals surface area contributed by atoms with E-state index in [1.54, 1.807) is 4.90 Å². The third kappa shape index (κ3) is 4.52. The lowest BCUT2D eigenvalue weighted by Gasteiger charge is -2.35. The molecule has 0 N–H and O–H groups in total. The number of halogens is 3. The molecule has 98 valence electrons. The molecule has 1 unspecified atom stereocenters. The van der Waals surface area contributed by atoms with E-state index in [1.165, 1.54) is 6.07 Å². The monoisotopic (exact) mass is 249 g/mol. The van der Waals surface area contributed by atoms with E-state index in [-0.39, 0.29) is 6.54 Å². The molecule has 0 aromatic rings. The molecule has 0 saturated carbocycles.